The van der Waals surface area contributed by atoms with Gasteiger partial charge in [0.15, 0.2) is 0 Å². The zero-order chi connectivity index (χ0) is 27.0. The number of benzene rings is 2. The number of halogens is 3. The number of hydrogen-bond donors (Lipinski definition) is 1. The maximum Gasteiger partial charge on any atom is 0.242 e. The van der Waals surface area contributed by atoms with Gasteiger partial charge in [-0.1, -0.05) is 48.3 Å². The molecule has 0 aliphatic heterocycles. The number of nitrogens with one attached hydrogen (secondary N) is 1. The second-order valence-electron chi connectivity index (χ2n) is 8.65. The Labute approximate surface area is 222 Å². The van der Waals surface area contributed by atoms with Crippen LogP contribution in [0, 0.1) is 5.82 Å². The molecule has 0 saturated heterocycles. The van der Waals surface area contributed by atoms with Crippen molar-refractivity contribution < 1.29 is 22.4 Å². The van der Waals surface area contributed by atoms with Crippen molar-refractivity contribution >= 4 is 50.7 Å². The zero-order valence-corrected chi connectivity index (χ0v) is 23.1. The van der Waals surface area contributed by atoms with E-state index in [0.29, 0.717) is 15.6 Å². The van der Waals surface area contributed by atoms with Gasteiger partial charge in [0.25, 0.3) is 0 Å². The number of rotatable bonds is 12. The molecule has 2 atom stereocenters. The van der Waals surface area contributed by atoms with Gasteiger partial charge in [-0.25, -0.2) is 12.8 Å². The number of anilines is 1. The zero-order valence-electron chi connectivity index (χ0n) is 20.8. The lowest BCUT2D eigenvalue weighted by Gasteiger charge is -2.30. The van der Waals surface area contributed by atoms with Crippen LogP contribution in [0.15, 0.2) is 42.5 Å². The molecule has 0 bridgehead atoms. The smallest absolute Gasteiger partial charge is 0.242 e. The Morgan fingerprint density at radius 2 is 1.75 bits per heavy atom. The Hall–Kier alpha value is -2.36. The normalized spacial score (nSPS) is 13.1. The SMILES string of the molecule is CC[C@H](C)NC(=O)[C@H](C)N(Cc1ccc(Cl)c(Cl)c1)C(=O)CCCN(c1ccccc1F)S(C)(=O)=O. The Balaban J connectivity index is 2.21. The molecule has 0 unspecified atom stereocenters. The van der Waals surface area contributed by atoms with E-state index in [0.717, 1.165) is 17.0 Å². The molecule has 0 radical (unpaired) electrons. The fourth-order valence-corrected chi connectivity index (χ4v) is 4.81. The number of amides is 2. The Morgan fingerprint density at radius 3 is 2.33 bits per heavy atom. The number of sulfonamides is 1. The molecule has 1 N–H and O–H groups in total. The van der Waals surface area contributed by atoms with E-state index in [-0.39, 0.29) is 49.5 Å². The highest BCUT2D eigenvalue weighted by Gasteiger charge is 2.27. The number of carbonyl (C=O) groups is 2. The third-order valence-electron chi connectivity index (χ3n) is 5.78. The molecular formula is C25H32Cl2FN3O4S. The lowest BCUT2D eigenvalue weighted by molar-refractivity contribution is -0.140. The first kappa shape index (κ1) is 29.9. The van der Waals surface area contributed by atoms with Crippen molar-refractivity contribution in [3.63, 3.8) is 0 Å². The van der Waals surface area contributed by atoms with Crippen LogP contribution in [0.5, 0.6) is 0 Å². The van der Waals surface area contributed by atoms with E-state index in [1.807, 2.05) is 13.8 Å². The van der Waals surface area contributed by atoms with Crippen LogP contribution in [0.2, 0.25) is 10.0 Å². The number of para-hydroxylation sites is 1. The quantitative estimate of drug-likeness (QED) is 0.396. The van der Waals surface area contributed by atoms with Crippen LogP contribution in [-0.2, 0) is 26.2 Å². The minimum Gasteiger partial charge on any atom is -0.352 e. The average molecular weight is 561 g/mol. The van der Waals surface area contributed by atoms with Gasteiger partial charge in [-0.15, -0.1) is 0 Å². The molecule has 2 rings (SSSR count). The second-order valence-corrected chi connectivity index (χ2v) is 11.4. The van der Waals surface area contributed by atoms with E-state index >= 15 is 0 Å². The lowest BCUT2D eigenvalue weighted by Crippen LogP contribution is -2.49. The van der Waals surface area contributed by atoms with Gasteiger partial charge in [-0.3, -0.25) is 13.9 Å². The van der Waals surface area contributed by atoms with E-state index in [1.54, 1.807) is 25.1 Å². The van der Waals surface area contributed by atoms with Gasteiger partial charge in [0.2, 0.25) is 21.8 Å². The lowest BCUT2D eigenvalue weighted by atomic mass is 10.1. The highest BCUT2D eigenvalue weighted by atomic mass is 35.5. The summed E-state index contributed by atoms with van der Waals surface area (Å²) in [5, 5.41) is 3.58. The standard InChI is InChI=1S/C25H32Cl2FN3O4S/c1-5-17(2)29-25(33)18(3)30(16-19-12-13-20(26)21(27)15-19)24(32)11-8-14-31(36(4,34)35)23-10-7-6-9-22(23)28/h6-7,9-10,12-13,15,17-18H,5,8,11,14,16H2,1-4H3,(H,29,33)/t17-,18-/m0/s1. The Bertz CT molecular complexity index is 1180. The van der Waals surface area contributed by atoms with Crippen molar-refractivity contribution in [3.8, 4) is 0 Å². The molecule has 0 aliphatic rings. The topological polar surface area (TPSA) is 86.8 Å². The van der Waals surface area contributed by atoms with Crippen LogP contribution in [0.4, 0.5) is 10.1 Å². The summed E-state index contributed by atoms with van der Waals surface area (Å²) >= 11 is 12.1. The van der Waals surface area contributed by atoms with Gasteiger partial charge in [0.1, 0.15) is 11.9 Å². The van der Waals surface area contributed by atoms with Crippen LogP contribution in [-0.4, -0.2) is 50.0 Å². The largest absolute Gasteiger partial charge is 0.352 e. The molecule has 0 heterocycles. The molecule has 0 fully saturated rings. The molecular weight excluding hydrogens is 528 g/mol. The van der Waals surface area contributed by atoms with Crippen molar-refractivity contribution in [1.29, 1.82) is 0 Å². The first-order chi connectivity index (χ1) is 16.8. The van der Waals surface area contributed by atoms with Gasteiger partial charge >= 0.3 is 0 Å². The molecule has 0 saturated carbocycles. The van der Waals surface area contributed by atoms with E-state index in [2.05, 4.69) is 5.32 Å². The first-order valence-corrected chi connectivity index (χ1v) is 14.2. The highest BCUT2D eigenvalue weighted by Crippen LogP contribution is 2.25. The van der Waals surface area contributed by atoms with E-state index < -0.39 is 21.9 Å². The highest BCUT2D eigenvalue weighted by molar-refractivity contribution is 7.92. The van der Waals surface area contributed by atoms with Crippen molar-refractivity contribution in [3.05, 3.63) is 63.9 Å². The Kier molecular flexibility index (Phi) is 11.0. The van der Waals surface area contributed by atoms with Crippen LogP contribution >= 0.6 is 23.2 Å². The predicted molar refractivity (Wildman–Crippen MR) is 142 cm³/mol. The summed E-state index contributed by atoms with van der Waals surface area (Å²) in [6.45, 7) is 5.46. The minimum atomic E-state index is -3.79. The summed E-state index contributed by atoms with van der Waals surface area (Å²) < 4.78 is 39.8. The maximum atomic E-state index is 14.3. The summed E-state index contributed by atoms with van der Waals surface area (Å²) in [6.07, 6.45) is 1.79. The summed E-state index contributed by atoms with van der Waals surface area (Å²) in [5.74, 6) is -1.33. The monoisotopic (exact) mass is 559 g/mol. The molecule has 2 aromatic carbocycles. The van der Waals surface area contributed by atoms with Crippen molar-refractivity contribution in [2.75, 3.05) is 17.1 Å². The fraction of sp³-hybridized carbons (Fsp3) is 0.440. The fourth-order valence-electron chi connectivity index (χ4n) is 3.52. The predicted octanol–water partition coefficient (Wildman–Crippen LogP) is 5.01. The number of nitrogens with zero attached hydrogens (tertiary/aromatic N) is 2. The number of carbonyl (C=O) groups excluding carboxylic acids is 2. The van der Waals surface area contributed by atoms with Crippen LogP contribution in [0.1, 0.15) is 45.6 Å². The van der Waals surface area contributed by atoms with Gasteiger partial charge in [0, 0.05) is 25.6 Å². The van der Waals surface area contributed by atoms with Crippen LogP contribution in [0.25, 0.3) is 0 Å². The maximum absolute atomic E-state index is 14.3. The molecule has 11 heteroatoms. The summed E-state index contributed by atoms with van der Waals surface area (Å²) in [6, 6.07) is 9.66. The molecule has 7 nitrogen and oxygen atoms in total. The van der Waals surface area contributed by atoms with E-state index in [4.69, 9.17) is 23.2 Å². The molecule has 0 aliphatic carbocycles. The summed E-state index contributed by atoms with van der Waals surface area (Å²) in [7, 11) is -3.79. The summed E-state index contributed by atoms with van der Waals surface area (Å²) in [4.78, 5) is 27.5. The molecule has 2 aromatic rings. The van der Waals surface area contributed by atoms with Gasteiger partial charge < -0.3 is 10.2 Å². The van der Waals surface area contributed by atoms with Gasteiger partial charge in [0.05, 0.1) is 22.0 Å². The summed E-state index contributed by atoms with van der Waals surface area (Å²) in [5.41, 5.74) is 0.603. The second kappa shape index (κ2) is 13.3. The van der Waals surface area contributed by atoms with Crippen molar-refractivity contribution in [2.45, 2.75) is 58.7 Å². The van der Waals surface area contributed by atoms with E-state index in [1.165, 1.54) is 29.2 Å². The molecule has 0 spiro atoms. The molecule has 36 heavy (non-hydrogen) atoms. The van der Waals surface area contributed by atoms with Crippen LogP contribution in [0.3, 0.4) is 0 Å². The van der Waals surface area contributed by atoms with Crippen molar-refractivity contribution in [2.24, 2.45) is 0 Å². The minimum absolute atomic E-state index is 0.0528. The van der Waals surface area contributed by atoms with Crippen molar-refractivity contribution in [1.82, 2.24) is 10.2 Å². The molecule has 0 aromatic heterocycles. The van der Waals surface area contributed by atoms with Crippen LogP contribution < -0.4 is 9.62 Å². The van der Waals surface area contributed by atoms with Gasteiger partial charge in [-0.2, -0.15) is 0 Å². The third kappa shape index (κ3) is 8.35. The molecule has 2 amide bonds. The first-order valence-electron chi connectivity index (χ1n) is 11.6. The third-order valence-corrected chi connectivity index (χ3v) is 7.70. The Morgan fingerprint density at radius 1 is 1.08 bits per heavy atom. The average Bonchev–Trinajstić information content (AvgIpc) is 2.81. The molecule has 198 valence electrons. The number of hydrogen-bond acceptors (Lipinski definition) is 4. The van der Waals surface area contributed by atoms with Gasteiger partial charge in [-0.05, 0) is 56.5 Å². The van der Waals surface area contributed by atoms with E-state index in [9.17, 15) is 22.4 Å².